The van der Waals surface area contributed by atoms with Crippen molar-refractivity contribution in [2.45, 2.75) is 44.6 Å². The van der Waals surface area contributed by atoms with Gasteiger partial charge in [0, 0.05) is 49.2 Å². The number of alkyl halides is 3. The number of imide groups is 1. The van der Waals surface area contributed by atoms with Gasteiger partial charge in [-0.2, -0.15) is 13.2 Å². The van der Waals surface area contributed by atoms with E-state index in [9.17, 15) is 27.6 Å². The Balaban J connectivity index is 1.20. The Kier molecular flexibility index (Phi) is 6.82. The predicted molar refractivity (Wildman–Crippen MR) is 144 cm³/mol. The number of halogens is 3. The minimum atomic E-state index is -4.39. The summed E-state index contributed by atoms with van der Waals surface area (Å²) in [4.78, 5) is 43.0. The summed E-state index contributed by atoms with van der Waals surface area (Å²) in [6.45, 7) is 1.06. The molecule has 2 aliphatic rings. The zero-order valence-corrected chi connectivity index (χ0v) is 21.9. The molecule has 0 bridgehead atoms. The van der Waals surface area contributed by atoms with Crippen molar-refractivity contribution in [1.29, 1.82) is 0 Å². The zero-order valence-electron chi connectivity index (χ0n) is 21.9. The molecule has 2 aliphatic heterocycles. The van der Waals surface area contributed by atoms with Crippen molar-refractivity contribution >= 4 is 23.4 Å². The van der Waals surface area contributed by atoms with Crippen LogP contribution in [0.3, 0.4) is 0 Å². The van der Waals surface area contributed by atoms with Crippen LogP contribution in [-0.4, -0.2) is 44.6 Å². The third-order valence-electron chi connectivity index (χ3n) is 7.60. The minimum absolute atomic E-state index is 0.190. The predicted octanol–water partition coefficient (Wildman–Crippen LogP) is 4.11. The number of aromatic nitrogens is 2. The van der Waals surface area contributed by atoms with E-state index in [0.29, 0.717) is 25.1 Å². The van der Waals surface area contributed by atoms with Gasteiger partial charge in [-0.3, -0.25) is 19.7 Å². The first-order valence-electron chi connectivity index (χ1n) is 13.3. The molecule has 0 spiro atoms. The lowest BCUT2D eigenvalue weighted by Crippen LogP contribution is -2.52. The van der Waals surface area contributed by atoms with Crippen LogP contribution in [0.2, 0.25) is 0 Å². The molecule has 2 aromatic heterocycles. The van der Waals surface area contributed by atoms with Crippen LogP contribution in [0.25, 0.3) is 16.8 Å². The molecular weight excluding hydrogens is 535 g/mol. The summed E-state index contributed by atoms with van der Waals surface area (Å²) in [6, 6.07) is 12.4. The fourth-order valence-corrected chi connectivity index (χ4v) is 5.61. The molecule has 2 N–H and O–H groups in total. The third kappa shape index (κ3) is 5.20. The van der Waals surface area contributed by atoms with Crippen LogP contribution < -0.4 is 10.6 Å². The van der Waals surface area contributed by atoms with Crippen LogP contribution >= 0.6 is 0 Å². The molecule has 41 heavy (non-hydrogen) atoms. The number of hydrogen-bond acceptors (Lipinski definition) is 5. The SMILES string of the molecule is O=C1CCC(N2Cc3cc(-c4cc(CNCCc5ccccc5C(F)(F)F)cn5ccnc45)ccc3C2=O)C(=O)N1. The number of carbonyl (C=O) groups excluding carboxylic acids is 3. The van der Waals surface area contributed by atoms with Crippen molar-refractivity contribution in [1.82, 2.24) is 24.9 Å². The lowest BCUT2D eigenvalue weighted by molar-refractivity contribution is -0.138. The molecule has 3 amide bonds. The Hall–Kier alpha value is -4.51. The average Bonchev–Trinajstić information content (AvgIpc) is 3.54. The highest BCUT2D eigenvalue weighted by molar-refractivity contribution is 6.05. The molecule has 1 saturated heterocycles. The molecule has 0 saturated carbocycles. The van der Waals surface area contributed by atoms with E-state index in [2.05, 4.69) is 15.6 Å². The number of fused-ring (bicyclic) bond motifs is 2. The number of hydrogen-bond donors (Lipinski definition) is 2. The number of carbonyl (C=O) groups is 3. The highest BCUT2D eigenvalue weighted by Gasteiger charge is 2.39. The summed E-state index contributed by atoms with van der Waals surface area (Å²) < 4.78 is 41.8. The number of nitrogens with one attached hydrogen (secondary N) is 2. The number of rotatable bonds is 7. The van der Waals surface area contributed by atoms with Crippen molar-refractivity contribution in [3.63, 3.8) is 0 Å². The Morgan fingerprint density at radius 2 is 1.88 bits per heavy atom. The summed E-state index contributed by atoms with van der Waals surface area (Å²) in [5.41, 5.74) is 4.26. The quantitative estimate of drug-likeness (QED) is 0.262. The van der Waals surface area contributed by atoms with Crippen LogP contribution in [0.5, 0.6) is 0 Å². The number of imidazole rings is 1. The first kappa shape index (κ1) is 26.7. The van der Waals surface area contributed by atoms with Gasteiger partial charge in [-0.1, -0.05) is 24.3 Å². The summed E-state index contributed by atoms with van der Waals surface area (Å²) in [6.07, 6.45) is 1.76. The smallest absolute Gasteiger partial charge is 0.322 e. The maximum absolute atomic E-state index is 13.3. The van der Waals surface area contributed by atoms with Gasteiger partial charge in [0.1, 0.15) is 11.7 Å². The average molecular weight is 562 g/mol. The number of pyridine rings is 1. The summed E-state index contributed by atoms with van der Waals surface area (Å²) in [5.74, 6) is -1.03. The van der Waals surface area contributed by atoms with Crippen molar-refractivity contribution in [3.05, 3.63) is 94.9 Å². The second-order valence-corrected chi connectivity index (χ2v) is 10.3. The first-order valence-corrected chi connectivity index (χ1v) is 13.3. The molecule has 6 rings (SSSR count). The van der Waals surface area contributed by atoms with E-state index in [1.165, 1.54) is 17.0 Å². The Bertz CT molecular complexity index is 1680. The lowest BCUT2D eigenvalue weighted by atomic mass is 10.00. The summed E-state index contributed by atoms with van der Waals surface area (Å²) in [7, 11) is 0. The molecule has 8 nitrogen and oxygen atoms in total. The number of piperidine rings is 1. The molecule has 4 heterocycles. The number of benzene rings is 2. The van der Waals surface area contributed by atoms with Gasteiger partial charge >= 0.3 is 6.18 Å². The van der Waals surface area contributed by atoms with E-state index in [1.54, 1.807) is 18.3 Å². The highest BCUT2D eigenvalue weighted by atomic mass is 19.4. The third-order valence-corrected chi connectivity index (χ3v) is 7.60. The van der Waals surface area contributed by atoms with E-state index in [0.717, 1.165) is 34.0 Å². The van der Waals surface area contributed by atoms with E-state index in [-0.39, 0.29) is 36.8 Å². The fourth-order valence-electron chi connectivity index (χ4n) is 5.61. The van der Waals surface area contributed by atoms with Gasteiger partial charge in [0.05, 0.1) is 5.56 Å². The summed E-state index contributed by atoms with van der Waals surface area (Å²) in [5, 5.41) is 5.56. The largest absolute Gasteiger partial charge is 0.416 e. The molecule has 1 fully saturated rings. The second-order valence-electron chi connectivity index (χ2n) is 10.3. The van der Waals surface area contributed by atoms with Gasteiger partial charge in [-0.25, -0.2) is 4.98 Å². The van der Waals surface area contributed by atoms with E-state index >= 15 is 0 Å². The maximum Gasteiger partial charge on any atom is 0.416 e. The van der Waals surface area contributed by atoms with Crippen LogP contribution in [0.15, 0.2) is 67.1 Å². The van der Waals surface area contributed by atoms with Gasteiger partial charge in [-0.05, 0) is 65.9 Å². The zero-order chi connectivity index (χ0) is 28.7. The first-order chi connectivity index (χ1) is 19.7. The normalized spacial score (nSPS) is 17.3. The molecule has 0 radical (unpaired) electrons. The number of nitrogens with zero attached hydrogens (tertiary/aromatic N) is 3. The van der Waals surface area contributed by atoms with E-state index in [4.69, 9.17) is 0 Å². The van der Waals surface area contributed by atoms with Crippen molar-refractivity contribution in [2.75, 3.05) is 6.54 Å². The van der Waals surface area contributed by atoms with Crippen LogP contribution in [-0.2, 0) is 35.3 Å². The Morgan fingerprint density at radius 1 is 1.05 bits per heavy atom. The minimum Gasteiger partial charge on any atom is -0.322 e. The standard InChI is InChI=1S/C30H26F3N5O3/c31-30(32,33)24-4-2-1-3-19(24)9-10-34-15-18-13-23(27-35-11-12-37(27)16-18)20-5-6-22-21(14-20)17-38(29(22)41)25-7-8-26(39)36-28(25)40/h1-6,11-14,16,25,34H,7-10,15,17H2,(H,36,39,40). The monoisotopic (exact) mass is 561 g/mol. The van der Waals surface area contributed by atoms with Crippen molar-refractivity contribution < 1.29 is 27.6 Å². The highest BCUT2D eigenvalue weighted by Crippen LogP contribution is 2.34. The Morgan fingerprint density at radius 3 is 2.68 bits per heavy atom. The topological polar surface area (TPSA) is 95.8 Å². The van der Waals surface area contributed by atoms with Crippen LogP contribution in [0, 0.1) is 0 Å². The molecule has 11 heteroatoms. The van der Waals surface area contributed by atoms with Crippen LogP contribution in [0.4, 0.5) is 13.2 Å². The lowest BCUT2D eigenvalue weighted by Gasteiger charge is -2.29. The summed E-state index contributed by atoms with van der Waals surface area (Å²) >= 11 is 0. The van der Waals surface area contributed by atoms with Crippen LogP contribution in [0.1, 0.15) is 45.5 Å². The van der Waals surface area contributed by atoms with E-state index in [1.807, 2.05) is 35.0 Å². The van der Waals surface area contributed by atoms with Gasteiger partial charge in [0.25, 0.3) is 5.91 Å². The molecule has 1 unspecified atom stereocenters. The number of amides is 3. The molecular formula is C30H26F3N5O3. The molecule has 210 valence electrons. The van der Waals surface area contributed by atoms with Gasteiger partial charge in [0.2, 0.25) is 11.8 Å². The van der Waals surface area contributed by atoms with E-state index < -0.39 is 23.7 Å². The molecule has 0 aliphatic carbocycles. The fraction of sp³-hybridized carbons (Fsp3) is 0.267. The molecule has 4 aromatic rings. The van der Waals surface area contributed by atoms with Gasteiger partial charge in [-0.15, -0.1) is 0 Å². The van der Waals surface area contributed by atoms with Crippen molar-refractivity contribution in [2.24, 2.45) is 0 Å². The van der Waals surface area contributed by atoms with Gasteiger partial charge in [0.15, 0.2) is 0 Å². The molecule has 2 aromatic carbocycles. The van der Waals surface area contributed by atoms with Crippen molar-refractivity contribution in [3.8, 4) is 11.1 Å². The second kappa shape index (κ2) is 10.5. The van der Waals surface area contributed by atoms with Gasteiger partial charge < -0.3 is 14.6 Å². The Labute approximate surface area is 233 Å². The molecule has 1 atom stereocenters. The maximum atomic E-state index is 13.3.